The van der Waals surface area contributed by atoms with Crippen LogP contribution in [0.3, 0.4) is 0 Å². The molecule has 5 nitrogen and oxygen atoms in total. The Balaban J connectivity index is 1.39. The van der Waals surface area contributed by atoms with Crippen LogP contribution >= 0.6 is 0 Å². The number of ether oxygens (including phenoxy) is 1. The molecule has 0 aliphatic carbocycles. The summed E-state index contributed by atoms with van der Waals surface area (Å²) >= 11 is 0. The largest absolute Gasteiger partial charge is 0.469 e. The number of rotatable bonds is 2. The fourth-order valence-electron chi connectivity index (χ4n) is 5.24. The van der Waals surface area contributed by atoms with E-state index in [1.807, 2.05) is 4.90 Å². The van der Waals surface area contributed by atoms with E-state index in [9.17, 15) is 9.59 Å². The molecule has 1 aromatic carbocycles. The minimum absolute atomic E-state index is 0.0527. The van der Waals surface area contributed by atoms with Crippen LogP contribution in [0.25, 0.3) is 0 Å². The number of hydrogen-bond acceptors (Lipinski definition) is 3. The average Bonchev–Trinajstić information content (AvgIpc) is 2.96. The number of fused-ring (bicyclic) bond motifs is 2. The molecular formula is C22H30N2O3. The van der Waals surface area contributed by atoms with Crippen molar-refractivity contribution in [1.29, 1.82) is 0 Å². The number of aryl methyl sites for hydroxylation is 1. The van der Waals surface area contributed by atoms with Gasteiger partial charge in [-0.1, -0.05) is 29.8 Å². The minimum atomic E-state index is -0.138. The van der Waals surface area contributed by atoms with E-state index >= 15 is 0 Å². The van der Waals surface area contributed by atoms with Crippen molar-refractivity contribution in [1.82, 2.24) is 9.80 Å². The highest BCUT2D eigenvalue weighted by molar-refractivity contribution is 5.77. The number of amides is 2. The summed E-state index contributed by atoms with van der Waals surface area (Å²) in [5, 5.41) is 0. The molecule has 2 bridgehead atoms. The first-order chi connectivity index (χ1) is 13.1. The predicted molar refractivity (Wildman–Crippen MR) is 104 cm³/mol. The maximum atomic E-state index is 13.2. The fraction of sp³-hybridized carbons (Fsp3) is 0.636. The first kappa shape index (κ1) is 18.3. The molecule has 3 atom stereocenters. The molecule has 4 rings (SSSR count). The number of carbonyl (C=O) groups is 2. The Morgan fingerprint density at radius 1 is 0.963 bits per heavy atom. The van der Waals surface area contributed by atoms with Gasteiger partial charge in [-0.2, -0.15) is 0 Å². The lowest BCUT2D eigenvalue weighted by Gasteiger charge is -2.43. The molecule has 3 fully saturated rings. The number of esters is 1. The van der Waals surface area contributed by atoms with Crippen molar-refractivity contribution >= 4 is 12.0 Å². The van der Waals surface area contributed by atoms with E-state index in [0.717, 1.165) is 25.7 Å². The first-order valence-corrected chi connectivity index (χ1v) is 10.3. The lowest BCUT2D eigenvalue weighted by Crippen LogP contribution is -2.53. The highest BCUT2D eigenvalue weighted by Gasteiger charge is 2.45. The summed E-state index contributed by atoms with van der Waals surface area (Å²) in [4.78, 5) is 29.0. The van der Waals surface area contributed by atoms with E-state index in [0.29, 0.717) is 43.9 Å². The van der Waals surface area contributed by atoms with Crippen molar-refractivity contribution in [2.75, 3.05) is 20.2 Å². The second kappa shape index (κ2) is 7.53. The molecule has 3 heterocycles. The molecule has 3 aliphatic heterocycles. The van der Waals surface area contributed by atoms with Gasteiger partial charge in [0.05, 0.1) is 13.0 Å². The van der Waals surface area contributed by atoms with E-state index in [2.05, 4.69) is 36.1 Å². The normalized spacial score (nSPS) is 28.3. The van der Waals surface area contributed by atoms with E-state index in [4.69, 9.17) is 4.74 Å². The molecule has 2 amide bonds. The van der Waals surface area contributed by atoms with Crippen molar-refractivity contribution in [2.24, 2.45) is 5.92 Å². The summed E-state index contributed by atoms with van der Waals surface area (Å²) in [7, 11) is 1.44. The fourth-order valence-corrected chi connectivity index (χ4v) is 5.24. The topological polar surface area (TPSA) is 49.9 Å². The summed E-state index contributed by atoms with van der Waals surface area (Å²) in [6.07, 6.45) is 5.82. The van der Waals surface area contributed by atoms with Gasteiger partial charge in [-0.25, -0.2) is 4.79 Å². The second-order valence-electron chi connectivity index (χ2n) is 8.44. The Hall–Kier alpha value is -2.04. The van der Waals surface area contributed by atoms with Gasteiger partial charge in [-0.3, -0.25) is 4.79 Å². The molecule has 3 saturated heterocycles. The van der Waals surface area contributed by atoms with Gasteiger partial charge in [-0.05, 0) is 56.9 Å². The van der Waals surface area contributed by atoms with E-state index in [1.165, 1.54) is 18.2 Å². The number of nitrogens with zero attached hydrogens (tertiary/aromatic N) is 2. The zero-order chi connectivity index (χ0) is 19.0. The van der Waals surface area contributed by atoms with Crippen LogP contribution in [0.4, 0.5) is 4.79 Å². The van der Waals surface area contributed by atoms with Crippen LogP contribution in [-0.2, 0) is 9.53 Å². The summed E-state index contributed by atoms with van der Waals surface area (Å²) < 4.78 is 4.85. The van der Waals surface area contributed by atoms with Gasteiger partial charge in [0, 0.05) is 25.2 Å². The van der Waals surface area contributed by atoms with Crippen LogP contribution in [0.15, 0.2) is 24.3 Å². The number of methoxy groups -OCH3 is 1. The third-order valence-corrected chi connectivity index (χ3v) is 6.80. The molecule has 146 valence electrons. The van der Waals surface area contributed by atoms with E-state index < -0.39 is 0 Å². The molecule has 3 aliphatic rings. The third-order valence-electron chi connectivity index (χ3n) is 6.80. The van der Waals surface area contributed by atoms with Crippen molar-refractivity contribution < 1.29 is 14.3 Å². The smallest absolute Gasteiger partial charge is 0.320 e. The Morgan fingerprint density at radius 3 is 2.11 bits per heavy atom. The quantitative estimate of drug-likeness (QED) is 0.746. The van der Waals surface area contributed by atoms with Crippen LogP contribution < -0.4 is 0 Å². The molecule has 27 heavy (non-hydrogen) atoms. The summed E-state index contributed by atoms with van der Waals surface area (Å²) in [6.45, 7) is 3.45. The van der Waals surface area contributed by atoms with Crippen molar-refractivity contribution in [2.45, 2.75) is 63.5 Å². The van der Waals surface area contributed by atoms with Crippen LogP contribution in [0, 0.1) is 12.8 Å². The monoisotopic (exact) mass is 370 g/mol. The Morgan fingerprint density at radius 2 is 1.56 bits per heavy atom. The molecular weight excluding hydrogens is 340 g/mol. The van der Waals surface area contributed by atoms with Crippen LogP contribution in [-0.4, -0.2) is 54.1 Å². The van der Waals surface area contributed by atoms with Crippen LogP contribution in [0.2, 0.25) is 0 Å². The second-order valence-corrected chi connectivity index (χ2v) is 8.44. The summed E-state index contributed by atoms with van der Waals surface area (Å²) in [5.41, 5.74) is 2.72. The Labute approximate surface area is 161 Å². The number of piperidine rings is 2. The Kier molecular flexibility index (Phi) is 5.11. The zero-order valence-corrected chi connectivity index (χ0v) is 16.4. The maximum absolute atomic E-state index is 13.2. The lowest BCUT2D eigenvalue weighted by molar-refractivity contribution is -0.146. The molecule has 5 heteroatoms. The van der Waals surface area contributed by atoms with Gasteiger partial charge in [0.15, 0.2) is 0 Å². The van der Waals surface area contributed by atoms with Gasteiger partial charge in [0.2, 0.25) is 0 Å². The first-order valence-electron chi connectivity index (χ1n) is 10.3. The van der Waals surface area contributed by atoms with Crippen LogP contribution in [0.1, 0.15) is 55.6 Å². The molecule has 0 aromatic heterocycles. The number of urea groups is 1. The minimum Gasteiger partial charge on any atom is -0.469 e. The summed E-state index contributed by atoms with van der Waals surface area (Å²) in [6, 6.07) is 9.82. The van der Waals surface area contributed by atoms with Gasteiger partial charge in [0.1, 0.15) is 0 Å². The van der Waals surface area contributed by atoms with Gasteiger partial charge in [-0.15, -0.1) is 0 Å². The highest BCUT2D eigenvalue weighted by atomic mass is 16.5. The van der Waals surface area contributed by atoms with E-state index in [-0.39, 0.29) is 17.9 Å². The molecule has 0 radical (unpaired) electrons. The highest BCUT2D eigenvalue weighted by Crippen LogP contribution is 2.43. The van der Waals surface area contributed by atoms with E-state index in [1.54, 1.807) is 0 Å². The Bertz CT molecular complexity index is 680. The van der Waals surface area contributed by atoms with Gasteiger partial charge < -0.3 is 14.5 Å². The maximum Gasteiger partial charge on any atom is 0.320 e. The van der Waals surface area contributed by atoms with Gasteiger partial charge in [0.25, 0.3) is 0 Å². The molecule has 0 saturated carbocycles. The van der Waals surface area contributed by atoms with Crippen LogP contribution in [0.5, 0.6) is 0 Å². The zero-order valence-electron chi connectivity index (χ0n) is 16.4. The number of hydrogen-bond donors (Lipinski definition) is 0. The number of carbonyl (C=O) groups excluding carboxylic acids is 2. The van der Waals surface area contributed by atoms with Crippen molar-refractivity contribution in [3.63, 3.8) is 0 Å². The molecule has 0 spiro atoms. The number of likely N-dealkylation sites (tertiary alicyclic amines) is 1. The average molecular weight is 370 g/mol. The predicted octanol–water partition coefficient (Wildman–Crippen LogP) is 3.71. The lowest BCUT2D eigenvalue weighted by atomic mass is 9.85. The molecule has 0 unspecified atom stereocenters. The molecule has 1 aromatic rings. The number of benzene rings is 1. The van der Waals surface area contributed by atoms with Gasteiger partial charge >= 0.3 is 12.0 Å². The van der Waals surface area contributed by atoms with Crippen molar-refractivity contribution in [3.05, 3.63) is 35.4 Å². The SMILES string of the molecule is COC(=O)C1CCN(C(=O)N2[C@@H]3CC[C@H]2C[C@@H](c2ccc(C)cc2)C3)CC1. The van der Waals surface area contributed by atoms with Crippen molar-refractivity contribution in [3.8, 4) is 0 Å². The standard InChI is InChI=1S/C22H30N2O3/c1-15-3-5-16(6-4-15)18-13-19-7-8-20(14-18)24(19)22(26)23-11-9-17(10-12-23)21(25)27-2/h3-6,17-20H,7-14H2,1-2H3/t18-,19+,20-. The third kappa shape index (κ3) is 3.56. The summed E-state index contributed by atoms with van der Waals surface area (Å²) in [5.74, 6) is 0.376. The molecule has 0 N–H and O–H groups in total.